The summed E-state index contributed by atoms with van der Waals surface area (Å²) in [6.45, 7) is -0.255. The minimum Gasteiger partial charge on any atom is -0.461 e. The summed E-state index contributed by atoms with van der Waals surface area (Å²) in [5, 5.41) is 3.76. The molecule has 2 rings (SSSR count). The van der Waals surface area contributed by atoms with E-state index in [1.165, 1.54) is 16.2 Å². The molecule has 0 unspecified atom stereocenters. The predicted molar refractivity (Wildman–Crippen MR) is 69.3 cm³/mol. The predicted octanol–water partition coefficient (Wildman–Crippen LogP) is 3.07. The number of likely N-dealkylation sites (tertiary alicyclic amines) is 1. The van der Waals surface area contributed by atoms with Crippen molar-refractivity contribution in [3.05, 3.63) is 22.4 Å². The van der Waals surface area contributed by atoms with Crippen LogP contribution in [0.1, 0.15) is 18.4 Å². The number of ether oxygens (including phenoxy) is 1. The van der Waals surface area contributed by atoms with E-state index in [1.807, 2.05) is 16.8 Å². The Morgan fingerprint density at radius 3 is 2.95 bits per heavy atom. The van der Waals surface area contributed by atoms with Crippen molar-refractivity contribution in [2.45, 2.75) is 25.6 Å². The average Bonchev–Trinajstić information content (AvgIpc) is 2.87. The van der Waals surface area contributed by atoms with Crippen molar-refractivity contribution in [2.24, 2.45) is 5.92 Å². The number of carbonyl (C=O) groups is 1. The van der Waals surface area contributed by atoms with Crippen LogP contribution in [0, 0.1) is 5.92 Å². The lowest BCUT2D eigenvalue weighted by atomic mass is 9.98. The van der Waals surface area contributed by atoms with Gasteiger partial charge in [-0.2, -0.15) is 24.5 Å². The Bertz CT molecular complexity index is 433. The molecule has 7 heteroatoms. The zero-order valence-electron chi connectivity index (χ0n) is 10.9. The second kappa shape index (κ2) is 6.58. The fourth-order valence-electron chi connectivity index (χ4n) is 2.29. The molecule has 0 aromatic carbocycles. The van der Waals surface area contributed by atoms with Crippen LogP contribution in [0.25, 0.3) is 0 Å². The van der Waals surface area contributed by atoms with Gasteiger partial charge in [0.15, 0.2) is 0 Å². The average molecular weight is 307 g/mol. The molecule has 0 amide bonds. The molecule has 0 saturated carbocycles. The van der Waals surface area contributed by atoms with Crippen LogP contribution >= 0.6 is 11.3 Å². The molecule has 0 aliphatic carbocycles. The highest BCUT2D eigenvalue weighted by atomic mass is 32.1. The van der Waals surface area contributed by atoms with Gasteiger partial charge in [0.25, 0.3) is 0 Å². The molecule has 1 saturated heterocycles. The molecule has 1 aliphatic heterocycles. The summed E-state index contributed by atoms with van der Waals surface area (Å²) in [5.74, 6) is -0.854. The second-order valence-corrected chi connectivity index (χ2v) is 5.71. The topological polar surface area (TPSA) is 29.5 Å². The normalized spacial score (nSPS) is 20.9. The minimum absolute atomic E-state index is 0.127. The lowest BCUT2D eigenvalue weighted by Gasteiger charge is -2.31. The van der Waals surface area contributed by atoms with Crippen LogP contribution in [0.2, 0.25) is 0 Å². The van der Waals surface area contributed by atoms with E-state index < -0.39 is 24.6 Å². The van der Waals surface area contributed by atoms with E-state index in [0.717, 1.165) is 5.56 Å². The van der Waals surface area contributed by atoms with Gasteiger partial charge in [0.2, 0.25) is 0 Å². The molecule has 0 N–H and O–H groups in total. The number of hydrogen-bond donors (Lipinski definition) is 0. The monoisotopic (exact) mass is 307 g/mol. The van der Waals surface area contributed by atoms with E-state index in [2.05, 4.69) is 0 Å². The SMILES string of the molecule is O=C(OCc1ccsc1)[C@H]1CCCN(CC(F)(F)F)C1. The standard InChI is InChI=1S/C13H16F3NO2S/c14-13(15,16)9-17-4-1-2-11(6-17)12(18)19-7-10-3-5-20-8-10/h3,5,8,11H,1-2,4,6-7,9H2/t11-/m0/s1. The number of esters is 1. The van der Waals surface area contributed by atoms with Crippen LogP contribution in [-0.4, -0.2) is 36.7 Å². The van der Waals surface area contributed by atoms with Crippen molar-refractivity contribution < 1.29 is 22.7 Å². The smallest absolute Gasteiger partial charge is 0.401 e. The van der Waals surface area contributed by atoms with Gasteiger partial charge in [-0.1, -0.05) is 0 Å². The van der Waals surface area contributed by atoms with E-state index in [-0.39, 0.29) is 13.2 Å². The number of rotatable bonds is 4. The molecule has 0 radical (unpaired) electrons. The van der Waals surface area contributed by atoms with Gasteiger partial charge in [-0.3, -0.25) is 9.69 Å². The number of halogens is 3. The number of thiophene rings is 1. The van der Waals surface area contributed by atoms with Gasteiger partial charge >= 0.3 is 12.1 Å². The third kappa shape index (κ3) is 4.79. The number of carbonyl (C=O) groups excluding carboxylic acids is 1. The van der Waals surface area contributed by atoms with Crippen molar-refractivity contribution in [1.29, 1.82) is 0 Å². The molecule has 112 valence electrons. The number of hydrogen-bond acceptors (Lipinski definition) is 4. The molecule has 1 aliphatic rings. The number of nitrogens with zero attached hydrogens (tertiary/aromatic N) is 1. The Morgan fingerprint density at radius 1 is 1.50 bits per heavy atom. The van der Waals surface area contributed by atoms with Gasteiger partial charge in [0, 0.05) is 12.1 Å². The summed E-state index contributed by atoms with van der Waals surface area (Å²) in [5.41, 5.74) is 0.909. The van der Waals surface area contributed by atoms with E-state index in [4.69, 9.17) is 4.74 Å². The molecule has 20 heavy (non-hydrogen) atoms. The maximum Gasteiger partial charge on any atom is 0.401 e. The third-order valence-electron chi connectivity index (χ3n) is 3.20. The van der Waals surface area contributed by atoms with Gasteiger partial charge < -0.3 is 4.74 Å². The Balaban J connectivity index is 1.80. The van der Waals surface area contributed by atoms with Crippen molar-refractivity contribution >= 4 is 17.3 Å². The summed E-state index contributed by atoms with van der Waals surface area (Å²) in [4.78, 5) is 13.2. The molecule has 0 spiro atoms. The molecule has 0 bridgehead atoms. The Hall–Kier alpha value is -1.08. The van der Waals surface area contributed by atoms with Crippen LogP contribution in [0.4, 0.5) is 13.2 Å². The first-order valence-corrected chi connectivity index (χ1v) is 7.35. The lowest BCUT2D eigenvalue weighted by molar-refractivity contribution is -0.161. The summed E-state index contributed by atoms with van der Waals surface area (Å²) in [6, 6.07) is 1.86. The molecular weight excluding hydrogens is 291 g/mol. The first-order chi connectivity index (χ1) is 9.44. The summed E-state index contributed by atoms with van der Waals surface area (Å²) in [7, 11) is 0. The highest BCUT2D eigenvalue weighted by Gasteiger charge is 2.35. The third-order valence-corrected chi connectivity index (χ3v) is 3.93. The van der Waals surface area contributed by atoms with Gasteiger partial charge in [-0.05, 0) is 36.2 Å². The maximum atomic E-state index is 12.3. The van der Waals surface area contributed by atoms with Crippen LogP contribution in [0.5, 0.6) is 0 Å². The van der Waals surface area contributed by atoms with E-state index in [0.29, 0.717) is 19.4 Å². The first kappa shape index (κ1) is 15.3. The first-order valence-electron chi connectivity index (χ1n) is 6.41. The fraction of sp³-hybridized carbons (Fsp3) is 0.615. The lowest BCUT2D eigenvalue weighted by Crippen LogP contribution is -2.43. The maximum absolute atomic E-state index is 12.3. The van der Waals surface area contributed by atoms with Gasteiger partial charge in [-0.15, -0.1) is 0 Å². The Morgan fingerprint density at radius 2 is 2.30 bits per heavy atom. The van der Waals surface area contributed by atoms with Gasteiger partial charge in [0.1, 0.15) is 6.61 Å². The number of alkyl halides is 3. The zero-order valence-corrected chi connectivity index (χ0v) is 11.7. The summed E-state index contributed by atoms with van der Waals surface area (Å²) < 4.78 is 42.2. The summed E-state index contributed by atoms with van der Waals surface area (Å²) >= 11 is 1.51. The van der Waals surface area contributed by atoms with Crippen LogP contribution in [-0.2, 0) is 16.1 Å². The van der Waals surface area contributed by atoms with Crippen molar-refractivity contribution in [3.63, 3.8) is 0 Å². The quantitative estimate of drug-likeness (QED) is 0.801. The Labute approximate surface area is 119 Å². The molecule has 3 nitrogen and oxygen atoms in total. The summed E-state index contributed by atoms with van der Waals surface area (Å²) in [6.07, 6.45) is -3.03. The van der Waals surface area contributed by atoms with E-state index in [1.54, 1.807) is 0 Å². The molecule has 1 fully saturated rings. The highest BCUT2D eigenvalue weighted by molar-refractivity contribution is 7.07. The fourth-order valence-corrected chi connectivity index (χ4v) is 2.95. The molecule has 2 heterocycles. The zero-order chi connectivity index (χ0) is 14.6. The largest absolute Gasteiger partial charge is 0.461 e. The highest BCUT2D eigenvalue weighted by Crippen LogP contribution is 2.23. The van der Waals surface area contributed by atoms with Gasteiger partial charge in [0.05, 0.1) is 12.5 Å². The van der Waals surface area contributed by atoms with Crippen LogP contribution in [0.15, 0.2) is 16.8 Å². The molecular formula is C13H16F3NO2S. The van der Waals surface area contributed by atoms with Crippen molar-refractivity contribution in [1.82, 2.24) is 4.90 Å². The van der Waals surface area contributed by atoms with Gasteiger partial charge in [-0.25, -0.2) is 0 Å². The van der Waals surface area contributed by atoms with Crippen molar-refractivity contribution in [2.75, 3.05) is 19.6 Å². The second-order valence-electron chi connectivity index (χ2n) is 4.93. The Kier molecular flexibility index (Phi) is 5.04. The van der Waals surface area contributed by atoms with Crippen LogP contribution in [0.3, 0.4) is 0 Å². The van der Waals surface area contributed by atoms with E-state index >= 15 is 0 Å². The molecule has 1 aromatic rings. The van der Waals surface area contributed by atoms with E-state index in [9.17, 15) is 18.0 Å². The number of piperidine rings is 1. The molecule has 1 aromatic heterocycles. The molecule has 1 atom stereocenters. The minimum atomic E-state index is -4.22. The van der Waals surface area contributed by atoms with Crippen LogP contribution < -0.4 is 0 Å². The van der Waals surface area contributed by atoms with Crippen molar-refractivity contribution in [3.8, 4) is 0 Å².